The normalized spacial score (nSPS) is 16.7. The van der Waals surface area contributed by atoms with Gasteiger partial charge in [0.05, 0.1) is 4.90 Å². The number of para-hydroxylation sites is 1. The molecular formula is C21H23N3O3S. The molecule has 1 aromatic heterocycles. The van der Waals surface area contributed by atoms with Gasteiger partial charge in [0, 0.05) is 42.3 Å². The van der Waals surface area contributed by atoms with E-state index in [1.165, 1.54) is 41.2 Å². The number of carbonyl (C=O) groups is 1. The van der Waals surface area contributed by atoms with E-state index in [0.29, 0.717) is 12.1 Å². The minimum absolute atomic E-state index is 0.140. The summed E-state index contributed by atoms with van der Waals surface area (Å²) in [4.78, 5) is 11.3. The molecule has 0 saturated heterocycles. The number of aromatic nitrogens is 1. The Balaban J connectivity index is 1.55. The SMILES string of the molecule is CC(=O)Nc1ccc(S(=O)(=O)NC2CCc3c(c4ccccc4n3C)C2)cc1. The molecule has 0 radical (unpaired) electrons. The molecule has 1 atom stereocenters. The van der Waals surface area contributed by atoms with Gasteiger partial charge in [0.2, 0.25) is 15.9 Å². The van der Waals surface area contributed by atoms with Crippen LogP contribution in [-0.4, -0.2) is 24.9 Å². The van der Waals surface area contributed by atoms with E-state index in [1.54, 1.807) is 12.1 Å². The molecule has 146 valence electrons. The van der Waals surface area contributed by atoms with E-state index in [4.69, 9.17) is 0 Å². The first-order valence-corrected chi connectivity index (χ1v) is 10.8. The highest BCUT2D eigenvalue weighted by Crippen LogP contribution is 2.31. The number of fused-ring (bicyclic) bond motifs is 3. The van der Waals surface area contributed by atoms with Crippen molar-refractivity contribution < 1.29 is 13.2 Å². The lowest BCUT2D eigenvalue weighted by atomic mass is 9.92. The molecule has 0 saturated carbocycles. The van der Waals surface area contributed by atoms with Gasteiger partial charge in [-0.1, -0.05) is 18.2 Å². The predicted molar refractivity (Wildman–Crippen MR) is 110 cm³/mol. The van der Waals surface area contributed by atoms with E-state index in [1.807, 2.05) is 12.1 Å². The van der Waals surface area contributed by atoms with Crippen molar-refractivity contribution in [2.75, 3.05) is 5.32 Å². The predicted octanol–water partition coefficient (Wildman–Crippen LogP) is 2.97. The molecule has 28 heavy (non-hydrogen) atoms. The van der Waals surface area contributed by atoms with E-state index in [9.17, 15) is 13.2 Å². The summed E-state index contributed by atoms with van der Waals surface area (Å²) in [6.45, 7) is 1.41. The number of hydrogen-bond donors (Lipinski definition) is 2. The Morgan fingerprint density at radius 2 is 1.82 bits per heavy atom. The fraction of sp³-hybridized carbons (Fsp3) is 0.286. The highest BCUT2D eigenvalue weighted by molar-refractivity contribution is 7.89. The van der Waals surface area contributed by atoms with Crippen molar-refractivity contribution in [3.05, 3.63) is 59.8 Å². The standard InChI is InChI=1S/C21H23N3O3S/c1-14(25)22-15-7-10-17(11-8-15)28(26,27)23-16-9-12-21-19(13-16)18-5-3-4-6-20(18)24(21)2/h3-8,10-11,16,23H,9,12-13H2,1-2H3,(H,22,25). The Labute approximate surface area is 164 Å². The quantitative estimate of drug-likeness (QED) is 0.710. The number of carbonyl (C=O) groups excluding carboxylic acids is 1. The number of amides is 1. The second kappa shape index (κ2) is 7.07. The first-order chi connectivity index (χ1) is 13.3. The van der Waals surface area contributed by atoms with Gasteiger partial charge < -0.3 is 9.88 Å². The van der Waals surface area contributed by atoms with Gasteiger partial charge in [-0.05, 0) is 55.2 Å². The van der Waals surface area contributed by atoms with E-state index in [0.717, 1.165) is 12.8 Å². The van der Waals surface area contributed by atoms with Crippen LogP contribution in [0, 0.1) is 0 Å². The third-order valence-corrected chi connectivity index (χ3v) is 6.87. The van der Waals surface area contributed by atoms with Crippen LogP contribution in [0.15, 0.2) is 53.4 Å². The molecule has 1 amide bonds. The first kappa shape index (κ1) is 18.7. The lowest BCUT2D eigenvalue weighted by Gasteiger charge is -2.24. The van der Waals surface area contributed by atoms with Gasteiger partial charge >= 0.3 is 0 Å². The van der Waals surface area contributed by atoms with Crippen LogP contribution < -0.4 is 10.0 Å². The van der Waals surface area contributed by atoms with E-state index in [2.05, 4.69) is 33.8 Å². The van der Waals surface area contributed by atoms with Crippen molar-refractivity contribution in [1.29, 1.82) is 0 Å². The number of anilines is 1. The van der Waals surface area contributed by atoms with Gasteiger partial charge in [-0.3, -0.25) is 4.79 Å². The molecule has 0 bridgehead atoms. The fourth-order valence-electron chi connectivity index (χ4n) is 4.04. The van der Waals surface area contributed by atoms with Gasteiger partial charge in [-0.2, -0.15) is 0 Å². The summed E-state index contributed by atoms with van der Waals surface area (Å²) in [5.41, 5.74) is 4.28. The van der Waals surface area contributed by atoms with Gasteiger partial charge in [-0.25, -0.2) is 13.1 Å². The summed E-state index contributed by atoms with van der Waals surface area (Å²) in [7, 11) is -1.55. The zero-order valence-electron chi connectivity index (χ0n) is 15.9. The van der Waals surface area contributed by atoms with Crippen LogP contribution >= 0.6 is 0 Å². The maximum atomic E-state index is 12.8. The number of nitrogens with zero attached hydrogens (tertiary/aromatic N) is 1. The minimum atomic E-state index is -3.62. The third-order valence-electron chi connectivity index (χ3n) is 5.33. The van der Waals surface area contributed by atoms with Crippen molar-refractivity contribution in [2.24, 2.45) is 7.05 Å². The van der Waals surface area contributed by atoms with E-state index in [-0.39, 0.29) is 16.8 Å². The molecule has 0 aliphatic heterocycles. The van der Waals surface area contributed by atoms with Crippen molar-refractivity contribution in [3.8, 4) is 0 Å². The average molecular weight is 398 g/mol. The molecule has 1 heterocycles. The minimum Gasteiger partial charge on any atom is -0.347 e. The van der Waals surface area contributed by atoms with Crippen LogP contribution in [0.4, 0.5) is 5.69 Å². The molecule has 6 nitrogen and oxygen atoms in total. The Morgan fingerprint density at radius 1 is 1.11 bits per heavy atom. The molecule has 0 fully saturated rings. The third kappa shape index (κ3) is 3.43. The molecule has 7 heteroatoms. The van der Waals surface area contributed by atoms with Crippen LogP contribution in [0.25, 0.3) is 10.9 Å². The summed E-state index contributed by atoms with van der Waals surface area (Å²) in [5.74, 6) is -0.193. The summed E-state index contributed by atoms with van der Waals surface area (Å²) in [5, 5.41) is 3.84. The number of rotatable bonds is 4. The zero-order valence-corrected chi connectivity index (χ0v) is 16.7. The molecule has 1 unspecified atom stereocenters. The Morgan fingerprint density at radius 3 is 2.54 bits per heavy atom. The number of hydrogen-bond acceptors (Lipinski definition) is 3. The average Bonchev–Trinajstić information content (AvgIpc) is 2.94. The van der Waals surface area contributed by atoms with Crippen molar-refractivity contribution in [3.63, 3.8) is 0 Å². The van der Waals surface area contributed by atoms with Gasteiger partial charge in [0.1, 0.15) is 0 Å². The van der Waals surface area contributed by atoms with Crippen LogP contribution in [-0.2, 0) is 34.7 Å². The fourth-order valence-corrected chi connectivity index (χ4v) is 5.31. The number of sulfonamides is 1. The van der Waals surface area contributed by atoms with E-state index >= 15 is 0 Å². The second-order valence-electron chi connectivity index (χ2n) is 7.27. The van der Waals surface area contributed by atoms with Crippen LogP contribution in [0.1, 0.15) is 24.6 Å². The molecule has 2 N–H and O–H groups in total. The molecule has 4 rings (SSSR count). The van der Waals surface area contributed by atoms with Gasteiger partial charge in [0.25, 0.3) is 0 Å². The Kier molecular flexibility index (Phi) is 4.72. The molecule has 1 aliphatic rings. The molecular weight excluding hydrogens is 374 g/mol. The van der Waals surface area contributed by atoms with E-state index < -0.39 is 10.0 Å². The highest BCUT2D eigenvalue weighted by Gasteiger charge is 2.27. The number of nitrogens with one attached hydrogen (secondary N) is 2. The van der Waals surface area contributed by atoms with Crippen LogP contribution in [0.5, 0.6) is 0 Å². The molecule has 0 spiro atoms. The molecule has 3 aromatic rings. The van der Waals surface area contributed by atoms with Crippen molar-refractivity contribution in [1.82, 2.24) is 9.29 Å². The first-order valence-electron chi connectivity index (χ1n) is 9.30. The summed E-state index contributed by atoms with van der Waals surface area (Å²) >= 11 is 0. The Bertz CT molecular complexity index is 1150. The summed E-state index contributed by atoms with van der Waals surface area (Å²) in [6, 6.07) is 14.3. The lowest BCUT2D eigenvalue weighted by molar-refractivity contribution is -0.114. The molecule has 2 aromatic carbocycles. The lowest BCUT2D eigenvalue weighted by Crippen LogP contribution is -2.38. The summed E-state index contributed by atoms with van der Waals surface area (Å²) < 4.78 is 30.7. The Hall–Kier alpha value is -2.64. The topological polar surface area (TPSA) is 80.2 Å². The highest BCUT2D eigenvalue weighted by atomic mass is 32.2. The van der Waals surface area contributed by atoms with Gasteiger partial charge in [-0.15, -0.1) is 0 Å². The van der Waals surface area contributed by atoms with Gasteiger partial charge in [0.15, 0.2) is 0 Å². The molecule has 1 aliphatic carbocycles. The smallest absolute Gasteiger partial charge is 0.240 e. The van der Waals surface area contributed by atoms with Crippen LogP contribution in [0.2, 0.25) is 0 Å². The maximum absolute atomic E-state index is 12.8. The number of benzene rings is 2. The van der Waals surface area contributed by atoms with Crippen molar-refractivity contribution in [2.45, 2.75) is 37.1 Å². The van der Waals surface area contributed by atoms with Crippen LogP contribution in [0.3, 0.4) is 0 Å². The largest absolute Gasteiger partial charge is 0.347 e. The monoisotopic (exact) mass is 397 g/mol. The maximum Gasteiger partial charge on any atom is 0.240 e. The second-order valence-corrected chi connectivity index (χ2v) is 8.98. The number of aryl methyl sites for hydroxylation is 1. The zero-order chi connectivity index (χ0) is 19.9. The summed E-state index contributed by atoms with van der Waals surface area (Å²) in [6.07, 6.45) is 2.29. The van der Waals surface area contributed by atoms with Crippen molar-refractivity contribution >= 4 is 32.5 Å².